The molecule has 0 aliphatic carbocycles. The highest BCUT2D eigenvalue weighted by atomic mass is 35.5. The van der Waals surface area contributed by atoms with Gasteiger partial charge in [0.05, 0.1) is 27.2 Å². The topological polar surface area (TPSA) is 17.1 Å². The highest BCUT2D eigenvalue weighted by Crippen LogP contribution is 1.91. The van der Waals surface area contributed by atoms with Crippen molar-refractivity contribution in [2.75, 3.05) is 27.2 Å². The highest BCUT2D eigenvalue weighted by molar-refractivity contribution is 6.67. The fourth-order valence-electron chi connectivity index (χ4n) is 0.224. The van der Waals surface area contributed by atoms with Gasteiger partial charge < -0.3 is 16.9 Å². The molecule has 0 heterocycles. The molecule has 0 aliphatic rings. The van der Waals surface area contributed by atoms with Crippen molar-refractivity contribution in [1.82, 2.24) is 0 Å². The molecule has 0 unspecified atom stereocenters. The molecule has 0 aromatic rings. The molecule has 0 radical (unpaired) electrons. The van der Waals surface area contributed by atoms with Gasteiger partial charge in [-0.15, -0.1) is 0 Å². The normalized spacial score (nSPS) is 9.29. The molecule has 86 valence electrons. The van der Waals surface area contributed by atoms with Gasteiger partial charge in [-0.05, 0) is 32.4 Å². The van der Waals surface area contributed by atoms with Gasteiger partial charge in [-0.25, -0.2) is 0 Å². The summed E-state index contributed by atoms with van der Waals surface area (Å²) in [5.74, 6) is 0. The fourth-order valence-corrected chi connectivity index (χ4v) is 0.224. The minimum absolute atomic E-state index is 0. The van der Waals surface area contributed by atoms with Gasteiger partial charge in [0.15, 0.2) is 0 Å². The summed E-state index contributed by atoms with van der Waals surface area (Å²) in [6.45, 7) is 11.7. The van der Waals surface area contributed by atoms with Crippen LogP contribution in [0.4, 0.5) is 0 Å². The van der Waals surface area contributed by atoms with Crippen LogP contribution in [0.15, 0.2) is 12.2 Å². The lowest BCUT2D eigenvalue weighted by molar-refractivity contribution is -0.886. The molecule has 0 amide bonds. The number of quaternary nitrogens is 1. The van der Waals surface area contributed by atoms with Gasteiger partial charge >= 0.3 is 0 Å². The molecule has 0 spiro atoms. The zero-order valence-corrected chi connectivity index (χ0v) is 11.2. The van der Waals surface area contributed by atoms with Crippen molar-refractivity contribution in [1.29, 1.82) is 0 Å². The molecule has 0 rings (SSSR count). The molecule has 0 bridgehead atoms. The maximum Gasteiger partial charge on any atom is 0.247 e. The Morgan fingerprint density at radius 3 is 1.50 bits per heavy atom. The molecular formula is C10H21Cl2NO. The van der Waals surface area contributed by atoms with Gasteiger partial charge in [0, 0.05) is 5.57 Å². The zero-order chi connectivity index (χ0) is 11.1. The van der Waals surface area contributed by atoms with E-state index in [2.05, 4.69) is 34.5 Å². The second-order valence-corrected chi connectivity index (χ2v) is 3.97. The monoisotopic (exact) mass is 241 g/mol. The average molecular weight is 242 g/mol. The molecular weight excluding hydrogens is 221 g/mol. The van der Waals surface area contributed by atoms with Gasteiger partial charge in [-0.2, -0.15) is 0 Å². The second-order valence-electron chi connectivity index (χ2n) is 3.62. The second kappa shape index (κ2) is 9.50. The number of rotatable bonds is 3. The summed E-state index contributed by atoms with van der Waals surface area (Å²) in [6, 6.07) is 0. The third kappa shape index (κ3) is 14.5. The Morgan fingerprint density at radius 2 is 1.50 bits per heavy atom. The van der Waals surface area contributed by atoms with E-state index in [1.54, 1.807) is 6.92 Å². The maximum atomic E-state index is 9.81. The van der Waals surface area contributed by atoms with Crippen molar-refractivity contribution < 1.29 is 21.7 Å². The fraction of sp³-hybridized carbons (Fsp3) is 0.700. The highest BCUT2D eigenvalue weighted by Gasteiger charge is 2.04. The third-order valence-corrected chi connectivity index (χ3v) is 2.37. The SMILES string of the molecule is C=C(C)C(=O)Cl.CC[N+](C)(C)CC.[Cl-]. The van der Waals surface area contributed by atoms with E-state index in [1.165, 1.54) is 13.1 Å². The lowest BCUT2D eigenvalue weighted by atomic mass is 10.4. The first-order valence-electron chi connectivity index (χ1n) is 4.44. The van der Waals surface area contributed by atoms with Crippen molar-refractivity contribution in [3.8, 4) is 0 Å². The number of hydrogen-bond donors (Lipinski definition) is 0. The number of halogens is 2. The Morgan fingerprint density at radius 1 is 1.29 bits per heavy atom. The van der Waals surface area contributed by atoms with E-state index in [1.807, 2.05) is 0 Å². The number of allylic oxidation sites excluding steroid dienone is 1. The molecule has 0 saturated heterocycles. The Labute approximate surface area is 98.9 Å². The van der Waals surface area contributed by atoms with Gasteiger partial charge in [-0.1, -0.05) is 6.58 Å². The van der Waals surface area contributed by atoms with Crippen LogP contribution < -0.4 is 12.4 Å². The van der Waals surface area contributed by atoms with E-state index in [9.17, 15) is 4.79 Å². The molecule has 0 N–H and O–H groups in total. The number of carbonyl (C=O) groups excluding carboxylic acids is 1. The Balaban J connectivity index is -0.000000163. The summed E-state index contributed by atoms with van der Waals surface area (Å²) in [7, 11) is 4.47. The van der Waals surface area contributed by atoms with Gasteiger partial charge in [0.2, 0.25) is 5.24 Å². The van der Waals surface area contributed by atoms with Crippen LogP contribution in [0, 0.1) is 0 Å². The van der Waals surface area contributed by atoms with E-state index in [4.69, 9.17) is 11.6 Å². The van der Waals surface area contributed by atoms with E-state index < -0.39 is 5.24 Å². The number of nitrogens with zero attached hydrogens (tertiary/aromatic N) is 1. The van der Waals surface area contributed by atoms with Crippen molar-refractivity contribution in [3.05, 3.63) is 12.2 Å². The number of hydrogen-bond acceptors (Lipinski definition) is 1. The Kier molecular flexibility index (Phi) is 13.2. The minimum Gasteiger partial charge on any atom is -1.00 e. The number of carbonyl (C=O) groups is 1. The predicted molar refractivity (Wildman–Crippen MR) is 58.9 cm³/mol. The van der Waals surface area contributed by atoms with E-state index in [0.29, 0.717) is 5.57 Å². The maximum absolute atomic E-state index is 9.81. The standard InChI is InChI=1S/C6H16N.C4H5ClO.ClH/c1-5-7(3,4)6-2;1-3(2)4(5)6;/h5-6H2,1-4H3;1H2,2H3;1H/q+1;;/p-1. The summed E-state index contributed by atoms with van der Waals surface area (Å²) in [5.41, 5.74) is 0.386. The lowest BCUT2D eigenvalue weighted by Gasteiger charge is -2.25. The molecule has 0 aromatic heterocycles. The molecule has 0 aliphatic heterocycles. The Bertz CT molecular complexity index is 161. The van der Waals surface area contributed by atoms with Crippen LogP contribution in [0.25, 0.3) is 0 Å². The third-order valence-electron chi connectivity index (χ3n) is 2.05. The molecule has 14 heavy (non-hydrogen) atoms. The zero-order valence-electron chi connectivity index (χ0n) is 9.73. The Hall–Kier alpha value is -0.0500. The minimum atomic E-state index is -0.463. The van der Waals surface area contributed by atoms with Crippen molar-refractivity contribution in [3.63, 3.8) is 0 Å². The summed E-state index contributed by atoms with van der Waals surface area (Å²) < 4.78 is 1.14. The van der Waals surface area contributed by atoms with Gasteiger partial charge in [-0.3, -0.25) is 4.79 Å². The smallest absolute Gasteiger partial charge is 0.247 e. The van der Waals surface area contributed by atoms with Crippen LogP contribution in [0.1, 0.15) is 20.8 Å². The first-order chi connectivity index (χ1) is 5.76. The van der Waals surface area contributed by atoms with Crippen LogP contribution in [0.5, 0.6) is 0 Å². The molecule has 0 fully saturated rings. The van der Waals surface area contributed by atoms with Gasteiger partial charge in [0.25, 0.3) is 0 Å². The summed E-state index contributed by atoms with van der Waals surface area (Å²) >= 11 is 4.87. The molecule has 4 heteroatoms. The molecule has 0 atom stereocenters. The van der Waals surface area contributed by atoms with Gasteiger partial charge in [0.1, 0.15) is 0 Å². The van der Waals surface area contributed by atoms with Crippen molar-refractivity contribution in [2.45, 2.75) is 20.8 Å². The van der Waals surface area contributed by atoms with Crippen LogP contribution in [0.2, 0.25) is 0 Å². The lowest BCUT2D eigenvalue weighted by Crippen LogP contribution is -3.00. The van der Waals surface area contributed by atoms with Crippen LogP contribution in [0.3, 0.4) is 0 Å². The van der Waals surface area contributed by atoms with E-state index >= 15 is 0 Å². The quantitative estimate of drug-likeness (QED) is 0.368. The van der Waals surface area contributed by atoms with Crippen LogP contribution in [-0.2, 0) is 4.79 Å². The largest absolute Gasteiger partial charge is 1.00 e. The molecule has 0 aromatic carbocycles. The molecule has 0 saturated carbocycles. The summed E-state index contributed by atoms with van der Waals surface area (Å²) in [6.07, 6.45) is 0. The summed E-state index contributed by atoms with van der Waals surface area (Å²) in [5, 5.41) is -0.463. The summed E-state index contributed by atoms with van der Waals surface area (Å²) in [4.78, 5) is 9.81. The van der Waals surface area contributed by atoms with E-state index in [-0.39, 0.29) is 12.4 Å². The van der Waals surface area contributed by atoms with E-state index in [0.717, 1.165) is 4.48 Å². The first-order valence-corrected chi connectivity index (χ1v) is 4.82. The average Bonchev–Trinajstić information content (AvgIpc) is 2.05. The predicted octanol–water partition coefficient (Wildman–Crippen LogP) is -0.565. The van der Waals surface area contributed by atoms with Crippen molar-refractivity contribution in [2.24, 2.45) is 0 Å². The first kappa shape index (κ1) is 19.5. The van der Waals surface area contributed by atoms with Crippen molar-refractivity contribution >= 4 is 16.8 Å². The van der Waals surface area contributed by atoms with Crippen LogP contribution >= 0.6 is 11.6 Å². The molecule has 2 nitrogen and oxygen atoms in total. The van der Waals surface area contributed by atoms with Crippen LogP contribution in [-0.4, -0.2) is 36.9 Å².